The maximum absolute atomic E-state index is 5.77. The van der Waals surface area contributed by atoms with Gasteiger partial charge in [-0.05, 0) is 13.3 Å². The Balaban J connectivity index is 2.12. The highest BCUT2D eigenvalue weighted by Gasteiger charge is 2.40. The molecule has 1 aliphatic carbocycles. The van der Waals surface area contributed by atoms with Crippen LogP contribution in [0.3, 0.4) is 0 Å². The standard InChI is InChI=1S/C9H19NO3/c1-3-12-9-7(10)6-8(9)13-5-4-11-2/h7-9H,3-6,10H2,1-2H3. The third-order valence-corrected chi connectivity index (χ3v) is 2.27. The lowest BCUT2D eigenvalue weighted by Crippen LogP contribution is -2.58. The molecule has 1 fully saturated rings. The van der Waals surface area contributed by atoms with E-state index in [1.54, 1.807) is 7.11 Å². The lowest BCUT2D eigenvalue weighted by Gasteiger charge is -2.41. The molecular weight excluding hydrogens is 170 g/mol. The molecule has 0 amide bonds. The Labute approximate surface area is 79.3 Å². The van der Waals surface area contributed by atoms with Crippen molar-refractivity contribution < 1.29 is 14.2 Å². The van der Waals surface area contributed by atoms with Crippen LogP contribution in [0, 0.1) is 0 Å². The van der Waals surface area contributed by atoms with Gasteiger partial charge in [0.25, 0.3) is 0 Å². The molecule has 4 nitrogen and oxygen atoms in total. The van der Waals surface area contributed by atoms with Gasteiger partial charge >= 0.3 is 0 Å². The lowest BCUT2D eigenvalue weighted by molar-refractivity contribution is -0.142. The molecule has 0 bridgehead atoms. The molecule has 3 unspecified atom stereocenters. The quantitative estimate of drug-likeness (QED) is 0.604. The summed E-state index contributed by atoms with van der Waals surface area (Å²) in [5.74, 6) is 0. The summed E-state index contributed by atoms with van der Waals surface area (Å²) in [4.78, 5) is 0. The Kier molecular flexibility index (Phi) is 4.66. The summed E-state index contributed by atoms with van der Waals surface area (Å²) in [6.45, 7) is 3.92. The molecule has 0 aliphatic heterocycles. The van der Waals surface area contributed by atoms with Crippen LogP contribution in [-0.4, -0.2) is 45.2 Å². The molecule has 4 heteroatoms. The third-order valence-electron chi connectivity index (χ3n) is 2.27. The number of ether oxygens (including phenoxy) is 3. The summed E-state index contributed by atoms with van der Waals surface area (Å²) in [6.07, 6.45) is 1.15. The Hall–Kier alpha value is -0.160. The molecule has 1 saturated carbocycles. The number of hydrogen-bond donors (Lipinski definition) is 1. The van der Waals surface area contributed by atoms with Crippen molar-refractivity contribution in [2.75, 3.05) is 26.9 Å². The van der Waals surface area contributed by atoms with Gasteiger partial charge in [0, 0.05) is 19.8 Å². The molecule has 1 aliphatic rings. The van der Waals surface area contributed by atoms with Gasteiger partial charge in [-0.3, -0.25) is 0 Å². The first-order chi connectivity index (χ1) is 6.29. The summed E-state index contributed by atoms with van der Waals surface area (Å²) in [7, 11) is 1.66. The molecule has 3 atom stereocenters. The van der Waals surface area contributed by atoms with Crippen molar-refractivity contribution in [3.8, 4) is 0 Å². The second kappa shape index (κ2) is 5.54. The second-order valence-electron chi connectivity index (χ2n) is 3.22. The molecule has 0 heterocycles. The summed E-state index contributed by atoms with van der Waals surface area (Å²) in [5, 5.41) is 0. The zero-order chi connectivity index (χ0) is 9.68. The Morgan fingerprint density at radius 3 is 2.62 bits per heavy atom. The average Bonchev–Trinajstić information content (AvgIpc) is 2.13. The van der Waals surface area contributed by atoms with E-state index < -0.39 is 0 Å². The zero-order valence-corrected chi connectivity index (χ0v) is 8.36. The van der Waals surface area contributed by atoms with Gasteiger partial charge in [0.1, 0.15) is 0 Å². The van der Waals surface area contributed by atoms with Gasteiger partial charge in [0.2, 0.25) is 0 Å². The van der Waals surface area contributed by atoms with E-state index in [9.17, 15) is 0 Å². The maximum Gasteiger partial charge on any atom is 0.0988 e. The smallest absolute Gasteiger partial charge is 0.0988 e. The van der Waals surface area contributed by atoms with Crippen molar-refractivity contribution in [2.24, 2.45) is 5.73 Å². The Morgan fingerprint density at radius 2 is 2.08 bits per heavy atom. The van der Waals surface area contributed by atoms with Crippen molar-refractivity contribution in [2.45, 2.75) is 31.6 Å². The van der Waals surface area contributed by atoms with Crippen LogP contribution in [0.2, 0.25) is 0 Å². The number of rotatable bonds is 6. The number of hydrogen-bond acceptors (Lipinski definition) is 4. The van der Waals surface area contributed by atoms with Gasteiger partial charge < -0.3 is 19.9 Å². The van der Waals surface area contributed by atoms with Crippen LogP contribution in [0.25, 0.3) is 0 Å². The van der Waals surface area contributed by atoms with Gasteiger partial charge in [0.05, 0.1) is 25.4 Å². The predicted octanol–water partition coefficient (Wildman–Crippen LogP) is 0.154. The zero-order valence-electron chi connectivity index (χ0n) is 8.36. The lowest BCUT2D eigenvalue weighted by atomic mass is 9.86. The Bertz CT molecular complexity index is 143. The normalized spacial score (nSPS) is 33.0. The van der Waals surface area contributed by atoms with Crippen molar-refractivity contribution in [1.82, 2.24) is 0 Å². The first-order valence-corrected chi connectivity index (χ1v) is 4.77. The summed E-state index contributed by atoms with van der Waals surface area (Å²) >= 11 is 0. The van der Waals surface area contributed by atoms with E-state index in [-0.39, 0.29) is 18.2 Å². The minimum Gasteiger partial charge on any atom is -0.382 e. The highest BCUT2D eigenvalue weighted by atomic mass is 16.6. The number of nitrogens with two attached hydrogens (primary N) is 1. The van der Waals surface area contributed by atoms with E-state index in [1.165, 1.54) is 0 Å². The van der Waals surface area contributed by atoms with Crippen molar-refractivity contribution in [3.05, 3.63) is 0 Å². The van der Waals surface area contributed by atoms with Crippen LogP contribution in [0.5, 0.6) is 0 Å². The Morgan fingerprint density at radius 1 is 1.31 bits per heavy atom. The molecule has 0 saturated heterocycles. The van der Waals surface area contributed by atoms with Gasteiger partial charge in [-0.1, -0.05) is 0 Å². The van der Waals surface area contributed by atoms with E-state index in [0.29, 0.717) is 19.8 Å². The molecule has 0 radical (unpaired) electrons. The van der Waals surface area contributed by atoms with E-state index in [0.717, 1.165) is 6.42 Å². The van der Waals surface area contributed by atoms with Gasteiger partial charge in [-0.15, -0.1) is 0 Å². The molecule has 0 spiro atoms. The van der Waals surface area contributed by atoms with Gasteiger partial charge in [-0.25, -0.2) is 0 Å². The topological polar surface area (TPSA) is 53.7 Å². The van der Waals surface area contributed by atoms with Crippen LogP contribution in [-0.2, 0) is 14.2 Å². The van der Waals surface area contributed by atoms with Crippen LogP contribution >= 0.6 is 0 Å². The minimum absolute atomic E-state index is 0.0851. The molecular formula is C9H19NO3. The molecule has 1 rings (SSSR count). The molecule has 0 aromatic heterocycles. The fourth-order valence-corrected chi connectivity index (χ4v) is 1.49. The van der Waals surface area contributed by atoms with Crippen LogP contribution in [0.1, 0.15) is 13.3 Å². The van der Waals surface area contributed by atoms with Crippen LogP contribution < -0.4 is 5.73 Å². The molecule has 0 aromatic carbocycles. The molecule has 0 aromatic rings. The fraction of sp³-hybridized carbons (Fsp3) is 1.00. The van der Waals surface area contributed by atoms with Crippen molar-refractivity contribution in [3.63, 3.8) is 0 Å². The van der Waals surface area contributed by atoms with Crippen LogP contribution in [0.4, 0.5) is 0 Å². The van der Waals surface area contributed by atoms with Crippen LogP contribution in [0.15, 0.2) is 0 Å². The van der Waals surface area contributed by atoms with Crippen molar-refractivity contribution in [1.29, 1.82) is 0 Å². The first-order valence-electron chi connectivity index (χ1n) is 4.77. The monoisotopic (exact) mass is 189 g/mol. The SMILES string of the molecule is CCOC1C(N)CC1OCCOC. The largest absolute Gasteiger partial charge is 0.382 e. The predicted molar refractivity (Wildman–Crippen MR) is 49.6 cm³/mol. The van der Waals surface area contributed by atoms with E-state index in [1.807, 2.05) is 6.92 Å². The first kappa shape index (κ1) is 10.9. The summed E-state index contributed by atoms with van der Waals surface area (Å²) < 4.78 is 15.9. The number of methoxy groups -OCH3 is 1. The van der Waals surface area contributed by atoms with E-state index >= 15 is 0 Å². The molecule has 13 heavy (non-hydrogen) atoms. The maximum atomic E-state index is 5.77. The van der Waals surface area contributed by atoms with Crippen molar-refractivity contribution >= 4 is 0 Å². The molecule has 2 N–H and O–H groups in total. The highest BCUT2D eigenvalue weighted by molar-refractivity contribution is 4.94. The minimum atomic E-state index is 0.0851. The molecule has 78 valence electrons. The van der Waals surface area contributed by atoms with Gasteiger partial charge in [-0.2, -0.15) is 0 Å². The highest BCUT2D eigenvalue weighted by Crippen LogP contribution is 2.25. The van der Waals surface area contributed by atoms with Gasteiger partial charge in [0.15, 0.2) is 0 Å². The third kappa shape index (κ3) is 2.91. The fourth-order valence-electron chi connectivity index (χ4n) is 1.49. The van der Waals surface area contributed by atoms with E-state index in [4.69, 9.17) is 19.9 Å². The summed E-state index contributed by atoms with van der Waals surface area (Å²) in [5.41, 5.74) is 5.77. The average molecular weight is 189 g/mol. The second-order valence-corrected chi connectivity index (χ2v) is 3.22. The summed E-state index contributed by atoms with van der Waals surface area (Å²) in [6, 6.07) is 0.146. The van der Waals surface area contributed by atoms with E-state index in [2.05, 4.69) is 0 Å².